The van der Waals surface area contributed by atoms with Gasteiger partial charge in [-0.15, -0.1) is 11.3 Å². The zero-order chi connectivity index (χ0) is 18.7. The fourth-order valence-electron chi connectivity index (χ4n) is 3.29. The third-order valence-corrected chi connectivity index (χ3v) is 6.89. The zero-order valence-corrected chi connectivity index (χ0v) is 16.8. The number of thioether (sulfide) groups is 1. The molecule has 2 saturated heterocycles. The molecular formula is C17H24N4O3S2. The predicted octanol–water partition coefficient (Wildman–Crippen LogP) is 1.08. The van der Waals surface area contributed by atoms with E-state index in [9.17, 15) is 14.4 Å². The van der Waals surface area contributed by atoms with Gasteiger partial charge in [0.2, 0.25) is 17.7 Å². The summed E-state index contributed by atoms with van der Waals surface area (Å²) < 4.78 is 0.914. The number of aryl methyl sites for hydroxylation is 1. The SMILES string of the molecule is Cc1csc(SCC(=O)N2CCCN(C(=O)C3CC(=O)N(C)C3)CC2)n1. The van der Waals surface area contributed by atoms with Crippen molar-refractivity contribution >= 4 is 40.8 Å². The van der Waals surface area contributed by atoms with Gasteiger partial charge in [-0.25, -0.2) is 4.98 Å². The average molecular weight is 397 g/mol. The van der Waals surface area contributed by atoms with Crippen molar-refractivity contribution in [2.24, 2.45) is 5.92 Å². The van der Waals surface area contributed by atoms with Gasteiger partial charge in [0, 0.05) is 57.3 Å². The van der Waals surface area contributed by atoms with Gasteiger partial charge in [-0.05, 0) is 13.3 Å². The lowest BCUT2D eigenvalue weighted by Crippen LogP contribution is -2.40. The van der Waals surface area contributed by atoms with Gasteiger partial charge < -0.3 is 14.7 Å². The van der Waals surface area contributed by atoms with Crippen LogP contribution < -0.4 is 0 Å². The van der Waals surface area contributed by atoms with E-state index in [1.54, 1.807) is 23.3 Å². The molecule has 1 unspecified atom stereocenters. The van der Waals surface area contributed by atoms with Crippen LogP contribution in [0.3, 0.4) is 0 Å². The molecule has 3 heterocycles. The van der Waals surface area contributed by atoms with E-state index in [0.717, 1.165) is 16.5 Å². The molecule has 26 heavy (non-hydrogen) atoms. The van der Waals surface area contributed by atoms with Crippen LogP contribution in [0.4, 0.5) is 0 Å². The van der Waals surface area contributed by atoms with Crippen molar-refractivity contribution in [2.75, 3.05) is 45.5 Å². The molecule has 142 valence electrons. The molecule has 7 nitrogen and oxygen atoms in total. The Morgan fingerprint density at radius 1 is 1.27 bits per heavy atom. The van der Waals surface area contributed by atoms with Crippen LogP contribution >= 0.6 is 23.1 Å². The first-order chi connectivity index (χ1) is 12.4. The van der Waals surface area contributed by atoms with Crippen LogP contribution in [0, 0.1) is 12.8 Å². The number of rotatable bonds is 4. The molecule has 9 heteroatoms. The van der Waals surface area contributed by atoms with Gasteiger partial charge in [-0.3, -0.25) is 14.4 Å². The highest BCUT2D eigenvalue weighted by Crippen LogP contribution is 2.23. The molecule has 1 aromatic rings. The van der Waals surface area contributed by atoms with Crippen LogP contribution in [-0.2, 0) is 14.4 Å². The van der Waals surface area contributed by atoms with Gasteiger partial charge in [0.25, 0.3) is 0 Å². The highest BCUT2D eigenvalue weighted by molar-refractivity contribution is 8.01. The van der Waals surface area contributed by atoms with Gasteiger partial charge in [0.1, 0.15) is 0 Å². The summed E-state index contributed by atoms with van der Waals surface area (Å²) in [5.41, 5.74) is 0.977. The van der Waals surface area contributed by atoms with E-state index in [2.05, 4.69) is 4.98 Å². The van der Waals surface area contributed by atoms with Gasteiger partial charge in [0.15, 0.2) is 4.34 Å². The standard InChI is InChI=1S/C17H24N4O3S2/c1-12-10-25-17(18-12)26-11-15(23)20-4-3-5-21(7-6-20)16(24)13-8-14(22)19(2)9-13/h10,13H,3-9,11H2,1-2H3. The molecule has 0 N–H and O–H groups in total. The van der Waals surface area contributed by atoms with Crippen molar-refractivity contribution < 1.29 is 14.4 Å². The summed E-state index contributed by atoms with van der Waals surface area (Å²) in [6.45, 7) is 4.86. The molecule has 0 saturated carbocycles. The molecule has 1 aromatic heterocycles. The van der Waals surface area contributed by atoms with Gasteiger partial charge >= 0.3 is 0 Å². The van der Waals surface area contributed by atoms with Crippen LogP contribution in [0.15, 0.2) is 9.72 Å². The second-order valence-electron chi connectivity index (χ2n) is 6.78. The number of carbonyl (C=O) groups excluding carboxylic acids is 3. The predicted molar refractivity (Wildman–Crippen MR) is 101 cm³/mol. The normalized spacial score (nSPS) is 21.2. The Kier molecular flexibility index (Phi) is 6.18. The van der Waals surface area contributed by atoms with E-state index in [1.165, 1.54) is 11.8 Å². The van der Waals surface area contributed by atoms with Crippen LogP contribution in [0.1, 0.15) is 18.5 Å². The fraction of sp³-hybridized carbons (Fsp3) is 0.647. The number of hydrogen-bond donors (Lipinski definition) is 0. The molecule has 0 aliphatic carbocycles. The zero-order valence-electron chi connectivity index (χ0n) is 15.1. The number of nitrogens with zero attached hydrogens (tertiary/aromatic N) is 4. The molecule has 2 fully saturated rings. The summed E-state index contributed by atoms with van der Waals surface area (Å²) in [6.07, 6.45) is 1.08. The quantitative estimate of drug-likeness (QED) is 0.712. The van der Waals surface area contributed by atoms with E-state index in [4.69, 9.17) is 0 Å². The van der Waals surface area contributed by atoms with E-state index in [-0.39, 0.29) is 23.6 Å². The van der Waals surface area contributed by atoms with Crippen LogP contribution in [-0.4, -0.2) is 82.9 Å². The summed E-state index contributed by atoms with van der Waals surface area (Å²) in [6, 6.07) is 0. The maximum Gasteiger partial charge on any atom is 0.233 e. The van der Waals surface area contributed by atoms with Gasteiger partial charge in [-0.1, -0.05) is 11.8 Å². The summed E-state index contributed by atoms with van der Waals surface area (Å²) in [7, 11) is 1.74. The number of thiazole rings is 1. The molecule has 3 amide bonds. The van der Waals surface area contributed by atoms with E-state index < -0.39 is 0 Å². The minimum absolute atomic E-state index is 0.0319. The van der Waals surface area contributed by atoms with Crippen LogP contribution in [0.2, 0.25) is 0 Å². The molecule has 3 rings (SSSR count). The molecule has 0 radical (unpaired) electrons. The van der Waals surface area contributed by atoms with E-state index in [0.29, 0.717) is 44.9 Å². The number of hydrogen-bond acceptors (Lipinski definition) is 6. The Bertz CT molecular complexity index is 693. The first kappa shape index (κ1) is 19.2. The third kappa shape index (κ3) is 4.56. The van der Waals surface area contributed by atoms with Crippen LogP contribution in [0.5, 0.6) is 0 Å². The summed E-state index contributed by atoms with van der Waals surface area (Å²) in [5, 5.41) is 1.98. The third-order valence-electron chi connectivity index (χ3n) is 4.77. The highest BCUT2D eigenvalue weighted by atomic mass is 32.2. The second kappa shape index (κ2) is 8.39. The average Bonchev–Trinajstić information content (AvgIpc) is 3.08. The Hall–Kier alpha value is -1.61. The first-order valence-corrected chi connectivity index (χ1v) is 10.7. The Morgan fingerprint density at radius 2 is 2.00 bits per heavy atom. The largest absolute Gasteiger partial charge is 0.345 e. The first-order valence-electron chi connectivity index (χ1n) is 8.79. The molecular weight excluding hydrogens is 372 g/mol. The summed E-state index contributed by atoms with van der Waals surface area (Å²) in [4.78, 5) is 46.5. The Morgan fingerprint density at radius 3 is 2.65 bits per heavy atom. The number of carbonyl (C=O) groups is 3. The molecule has 0 aromatic carbocycles. The van der Waals surface area contributed by atoms with Crippen LogP contribution in [0.25, 0.3) is 0 Å². The summed E-state index contributed by atoms with van der Waals surface area (Å²) >= 11 is 3.03. The Balaban J connectivity index is 1.49. The molecule has 1 atom stereocenters. The van der Waals surface area contributed by atoms with Gasteiger partial charge in [-0.2, -0.15) is 0 Å². The lowest BCUT2D eigenvalue weighted by atomic mass is 10.1. The lowest BCUT2D eigenvalue weighted by molar-refractivity contribution is -0.136. The topological polar surface area (TPSA) is 73.8 Å². The van der Waals surface area contributed by atoms with Crippen molar-refractivity contribution in [1.82, 2.24) is 19.7 Å². The maximum atomic E-state index is 12.7. The number of likely N-dealkylation sites (tertiary alicyclic amines) is 1. The molecule has 0 spiro atoms. The smallest absolute Gasteiger partial charge is 0.233 e. The monoisotopic (exact) mass is 396 g/mol. The minimum atomic E-state index is -0.238. The summed E-state index contributed by atoms with van der Waals surface area (Å²) in [5.74, 6) is 0.309. The van der Waals surface area contributed by atoms with Crippen molar-refractivity contribution in [3.05, 3.63) is 11.1 Å². The van der Waals surface area contributed by atoms with Crippen molar-refractivity contribution in [1.29, 1.82) is 0 Å². The van der Waals surface area contributed by atoms with E-state index in [1.807, 2.05) is 22.1 Å². The molecule has 2 aliphatic rings. The maximum absolute atomic E-state index is 12.7. The second-order valence-corrected chi connectivity index (χ2v) is 8.86. The van der Waals surface area contributed by atoms with Crippen molar-refractivity contribution in [3.8, 4) is 0 Å². The fourth-order valence-corrected chi connectivity index (χ4v) is 5.04. The van der Waals surface area contributed by atoms with E-state index >= 15 is 0 Å². The van der Waals surface area contributed by atoms with Gasteiger partial charge in [0.05, 0.1) is 11.7 Å². The lowest BCUT2D eigenvalue weighted by Gasteiger charge is -2.24. The number of aromatic nitrogens is 1. The minimum Gasteiger partial charge on any atom is -0.345 e. The Labute approximate surface area is 161 Å². The van der Waals surface area contributed by atoms with Crippen molar-refractivity contribution in [3.63, 3.8) is 0 Å². The molecule has 0 bridgehead atoms. The highest BCUT2D eigenvalue weighted by Gasteiger charge is 2.35. The van der Waals surface area contributed by atoms with Crippen molar-refractivity contribution in [2.45, 2.75) is 24.1 Å². The number of amides is 3. The molecule has 2 aliphatic heterocycles.